The highest BCUT2D eigenvalue weighted by molar-refractivity contribution is 6.30. The molecular formula is C19H18ClN3O3. The van der Waals surface area contributed by atoms with Gasteiger partial charge in [0, 0.05) is 10.6 Å². The summed E-state index contributed by atoms with van der Waals surface area (Å²) in [7, 11) is 0. The SMILES string of the molecule is C[C@@H](NC(=O)c1ccccc1CN1C(=O)CNC1=O)c1ccc(Cl)cc1. The van der Waals surface area contributed by atoms with Crippen LogP contribution in [0.1, 0.15) is 34.5 Å². The van der Waals surface area contributed by atoms with Crippen LogP contribution in [0.5, 0.6) is 0 Å². The van der Waals surface area contributed by atoms with Crippen molar-refractivity contribution in [2.75, 3.05) is 6.54 Å². The highest BCUT2D eigenvalue weighted by Gasteiger charge is 2.29. The smallest absolute Gasteiger partial charge is 0.324 e. The van der Waals surface area contributed by atoms with E-state index in [0.717, 1.165) is 10.5 Å². The number of imide groups is 1. The average molecular weight is 372 g/mol. The van der Waals surface area contributed by atoms with E-state index < -0.39 is 6.03 Å². The van der Waals surface area contributed by atoms with E-state index in [0.29, 0.717) is 16.1 Å². The molecule has 7 heteroatoms. The van der Waals surface area contributed by atoms with Gasteiger partial charge >= 0.3 is 6.03 Å². The molecule has 2 aromatic carbocycles. The highest BCUT2D eigenvalue weighted by Crippen LogP contribution is 2.18. The highest BCUT2D eigenvalue weighted by atomic mass is 35.5. The molecule has 0 radical (unpaired) electrons. The van der Waals surface area contributed by atoms with Crippen LogP contribution in [0.4, 0.5) is 4.79 Å². The Morgan fingerprint density at radius 1 is 1.19 bits per heavy atom. The fraction of sp³-hybridized carbons (Fsp3) is 0.211. The molecular weight excluding hydrogens is 354 g/mol. The molecule has 6 nitrogen and oxygen atoms in total. The number of urea groups is 1. The largest absolute Gasteiger partial charge is 0.346 e. The maximum absolute atomic E-state index is 12.7. The van der Waals surface area contributed by atoms with Gasteiger partial charge in [-0.05, 0) is 36.2 Å². The van der Waals surface area contributed by atoms with Gasteiger partial charge in [0.05, 0.1) is 19.1 Å². The number of nitrogens with one attached hydrogen (secondary N) is 2. The predicted octanol–water partition coefficient (Wildman–Crippen LogP) is 2.88. The molecule has 0 aromatic heterocycles. The van der Waals surface area contributed by atoms with Crippen molar-refractivity contribution in [3.63, 3.8) is 0 Å². The fourth-order valence-electron chi connectivity index (χ4n) is 2.77. The standard InChI is InChI=1S/C19H18ClN3O3/c1-12(13-6-8-15(20)9-7-13)22-18(25)16-5-3-2-4-14(16)11-23-17(24)10-21-19(23)26/h2-9,12H,10-11H2,1H3,(H,21,26)(H,22,25)/t12-/m1/s1. The van der Waals surface area contributed by atoms with Crippen molar-refractivity contribution in [2.45, 2.75) is 19.5 Å². The van der Waals surface area contributed by atoms with E-state index >= 15 is 0 Å². The van der Waals surface area contributed by atoms with Gasteiger partial charge in [0.25, 0.3) is 5.91 Å². The average Bonchev–Trinajstić information content (AvgIpc) is 2.94. The van der Waals surface area contributed by atoms with Crippen molar-refractivity contribution in [3.05, 3.63) is 70.2 Å². The molecule has 0 aliphatic carbocycles. The van der Waals surface area contributed by atoms with Gasteiger partial charge in [-0.3, -0.25) is 14.5 Å². The maximum Gasteiger partial charge on any atom is 0.324 e. The number of halogens is 1. The van der Waals surface area contributed by atoms with E-state index in [1.165, 1.54) is 0 Å². The lowest BCUT2D eigenvalue weighted by molar-refractivity contribution is -0.125. The Hall–Kier alpha value is -2.86. The first-order valence-electron chi connectivity index (χ1n) is 8.18. The molecule has 4 amide bonds. The Morgan fingerprint density at radius 3 is 2.54 bits per heavy atom. The monoisotopic (exact) mass is 371 g/mol. The Bertz CT molecular complexity index is 835. The normalized spacial score (nSPS) is 14.9. The lowest BCUT2D eigenvalue weighted by Gasteiger charge is -2.18. The van der Waals surface area contributed by atoms with Gasteiger partial charge < -0.3 is 10.6 Å². The third-order valence-corrected chi connectivity index (χ3v) is 4.50. The summed E-state index contributed by atoms with van der Waals surface area (Å²) >= 11 is 5.89. The summed E-state index contributed by atoms with van der Waals surface area (Å²) in [5, 5.41) is 6.04. The number of rotatable bonds is 5. The van der Waals surface area contributed by atoms with Gasteiger partial charge in [-0.1, -0.05) is 41.9 Å². The predicted molar refractivity (Wildman–Crippen MR) is 97.7 cm³/mol. The summed E-state index contributed by atoms with van der Waals surface area (Å²) in [4.78, 5) is 37.4. The molecule has 0 saturated carbocycles. The maximum atomic E-state index is 12.7. The van der Waals surface area contributed by atoms with Crippen molar-refractivity contribution < 1.29 is 14.4 Å². The van der Waals surface area contributed by atoms with Crippen LogP contribution >= 0.6 is 11.6 Å². The number of hydrogen-bond donors (Lipinski definition) is 2. The number of carbonyl (C=O) groups excluding carboxylic acids is 3. The first kappa shape index (κ1) is 17.9. The van der Waals surface area contributed by atoms with Gasteiger partial charge in [-0.25, -0.2) is 4.79 Å². The Balaban J connectivity index is 1.76. The van der Waals surface area contributed by atoms with Gasteiger partial charge in [0.15, 0.2) is 0 Å². The molecule has 134 valence electrons. The molecule has 2 N–H and O–H groups in total. The summed E-state index contributed by atoms with van der Waals surface area (Å²) in [5.74, 6) is -0.574. The van der Waals surface area contributed by atoms with Crippen LogP contribution < -0.4 is 10.6 Å². The fourth-order valence-corrected chi connectivity index (χ4v) is 2.90. The number of carbonyl (C=O) groups is 3. The van der Waals surface area contributed by atoms with Crippen LogP contribution in [0.15, 0.2) is 48.5 Å². The van der Waals surface area contributed by atoms with Crippen LogP contribution in [0.3, 0.4) is 0 Å². The number of nitrogens with zero attached hydrogens (tertiary/aromatic N) is 1. The molecule has 3 rings (SSSR count). The Morgan fingerprint density at radius 2 is 1.88 bits per heavy atom. The van der Waals surface area contributed by atoms with E-state index in [1.54, 1.807) is 36.4 Å². The molecule has 1 fully saturated rings. The van der Waals surface area contributed by atoms with Crippen LogP contribution in [0.2, 0.25) is 5.02 Å². The van der Waals surface area contributed by atoms with E-state index in [9.17, 15) is 14.4 Å². The van der Waals surface area contributed by atoms with Crippen molar-refractivity contribution >= 4 is 29.4 Å². The second-order valence-electron chi connectivity index (χ2n) is 6.04. The van der Waals surface area contributed by atoms with Gasteiger partial charge in [-0.2, -0.15) is 0 Å². The Kier molecular flexibility index (Phi) is 5.23. The van der Waals surface area contributed by atoms with Crippen LogP contribution in [0, 0.1) is 0 Å². The minimum absolute atomic E-state index is 0.0131. The number of amides is 4. The molecule has 0 bridgehead atoms. The topological polar surface area (TPSA) is 78.5 Å². The van der Waals surface area contributed by atoms with E-state index in [4.69, 9.17) is 11.6 Å². The quantitative estimate of drug-likeness (QED) is 0.793. The lowest BCUT2D eigenvalue weighted by atomic mass is 10.0. The summed E-state index contributed by atoms with van der Waals surface area (Å²) in [5.41, 5.74) is 1.97. The van der Waals surface area contributed by atoms with Gasteiger partial charge in [-0.15, -0.1) is 0 Å². The number of benzene rings is 2. The molecule has 1 aliphatic heterocycles. The third-order valence-electron chi connectivity index (χ3n) is 4.25. The molecule has 1 atom stereocenters. The molecule has 0 spiro atoms. The van der Waals surface area contributed by atoms with E-state index in [-0.39, 0.29) is 30.9 Å². The van der Waals surface area contributed by atoms with E-state index in [2.05, 4.69) is 10.6 Å². The van der Waals surface area contributed by atoms with Crippen molar-refractivity contribution in [3.8, 4) is 0 Å². The molecule has 26 heavy (non-hydrogen) atoms. The molecule has 1 aliphatic rings. The van der Waals surface area contributed by atoms with E-state index in [1.807, 2.05) is 19.1 Å². The first-order valence-corrected chi connectivity index (χ1v) is 8.56. The zero-order valence-electron chi connectivity index (χ0n) is 14.2. The first-order chi connectivity index (χ1) is 12.5. The van der Waals surface area contributed by atoms with Crippen molar-refractivity contribution in [1.29, 1.82) is 0 Å². The molecule has 1 heterocycles. The second-order valence-corrected chi connectivity index (χ2v) is 6.48. The van der Waals surface area contributed by atoms with Crippen molar-refractivity contribution in [1.82, 2.24) is 15.5 Å². The third kappa shape index (κ3) is 3.86. The minimum atomic E-state index is -0.445. The van der Waals surface area contributed by atoms with Crippen LogP contribution in [-0.2, 0) is 11.3 Å². The summed E-state index contributed by atoms with van der Waals surface area (Å²) in [6.07, 6.45) is 0. The van der Waals surface area contributed by atoms with Gasteiger partial charge in [0.2, 0.25) is 5.91 Å². The van der Waals surface area contributed by atoms with Gasteiger partial charge in [0.1, 0.15) is 0 Å². The lowest BCUT2D eigenvalue weighted by Crippen LogP contribution is -2.32. The Labute approximate surface area is 156 Å². The zero-order valence-corrected chi connectivity index (χ0v) is 14.9. The summed E-state index contributed by atoms with van der Waals surface area (Å²) in [6.45, 7) is 1.92. The van der Waals surface area contributed by atoms with Crippen molar-refractivity contribution in [2.24, 2.45) is 0 Å². The molecule has 2 aromatic rings. The summed E-state index contributed by atoms with van der Waals surface area (Å²) < 4.78 is 0. The molecule has 0 unspecified atom stereocenters. The minimum Gasteiger partial charge on any atom is -0.346 e. The zero-order chi connectivity index (χ0) is 18.7. The van der Waals surface area contributed by atoms with Crippen LogP contribution in [0.25, 0.3) is 0 Å². The second kappa shape index (κ2) is 7.58. The summed E-state index contributed by atoms with van der Waals surface area (Å²) in [6, 6.07) is 13.5. The number of hydrogen-bond acceptors (Lipinski definition) is 3. The molecule has 1 saturated heterocycles. The van der Waals surface area contributed by atoms with Crippen LogP contribution in [-0.4, -0.2) is 29.3 Å².